The molecule has 0 aliphatic heterocycles. The van der Waals surface area contributed by atoms with Crippen molar-refractivity contribution in [3.8, 4) is 0 Å². The van der Waals surface area contributed by atoms with Gasteiger partial charge in [0.25, 0.3) is 0 Å². The molecule has 19 heavy (non-hydrogen) atoms. The van der Waals surface area contributed by atoms with Crippen LogP contribution in [0.1, 0.15) is 25.5 Å². The summed E-state index contributed by atoms with van der Waals surface area (Å²) in [5, 5.41) is 5.15. The summed E-state index contributed by atoms with van der Waals surface area (Å²) in [6.45, 7) is 4.92. The van der Waals surface area contributed by atoms with Crippen molar-refractivity contribution in [3.05, 3.63) is 60.2 Å². The molecule has 0 aliphatic rings. The van der Waals surface area contributed by atoms with Crippen LogP contribution in [0.5, 0.6) is 0 Å². The van der Waals surface area contributed by atoms with E-state index in [1.165, 1.54) is 27.1 Å². The second-order valence-corrected chi connectivity index (χ2v) is 4.83. The van der Waals surface area contributed by atoms with Crippen LogP contribution in [0.15, 0.2) is 54.6 Å². The van der Waals surface area contributed by atoms with Crippen LogP contribution >= 0.6 is 0 Å². The van der Waals surface area contributed by atoms with E-state index in [1.54, 1.807) is 0 Å². The summed E-state index contributed by atoms with van der Waals surface area (Å²) < 4.78 is 5.84. The Morgan fingerprint density at radius 3 is 1.95 bits per heavy atom. The van der Waals surface area contributed by atoms with Crippen LogP contribution < -0.4 is 0 Å². The maximum atomic E-state index is 5.84. The minimum atomic E-state index is 0.112. The van der Waals surface area contributed by atoms with Crippen LogP contribution in [0.25, 0.3) is 21.5 Å². The van der Waals surface area contributed by atoms with E-state index in [0.717, 1.165) is 6.61 Å². The number of fused-ring (bicyclic) bond motifs is 2. The van der Waals surface area contributed by atoms with E-state index >= 15 is 0 Å². The van der Waals surface area contributed by atoms with E-state index in [9.17, 15) is 0 Å². The molecule has 0 N–H and O–H groups in total. The van der Waals surface area contributed by atoms with Crippen molar-refractivity contribution in [3.63, 3.8) is 0 Å². The number of hydrogen-bond acceptors (Lipinski definition) is 1. The highest BCUT2D eigenvalue weighted by molar-refractivity contribution is 6.02. The van der Waals surface area contributed by atoms with Gasteiger partial charge >= 0.3 is 0 Å². The van der Waals surface area contributed by atoms with Crippen molar-refractivity contribution in [1.82, 2.24) is 0 Å². The largest absolute Gasteiger partial charge is 0.374 e. The van der Waals surface area contributed by atoms with E-state index in [4.69, 9.17) is 4.74 Å². The monoisotopic (exact) mass is 250 g/mol. The average Bonchev–Trinajstić information content (AvgIpc) is 2.44. The molecular formula is C18H18O. The van der Waals surface area contributed by atoms with Crippen molar-refractivity contribution in [2.24, 2.45) is 0 Å². The zero-order valence-corrected chi connectivity index (χ0v) is 11.4. The van der Waals surface area contributed by atoms with Gasteiger partial charge in [-0.25, -0.2) is 0 Å². The van der Waals surface area contributed by atoms with E-state index in [1.807, 2.05) is 6.92 Å². The van der Waals surface area contributed by atoms with Crippen LogP contribution in [-0.2, 0) is 4.74 Å². The third kappa shape index (κ3) is 2.11. The Bertz CT molecular complexity index is 661. The number of benzene rings is 3. The smallest absolute Gasteiger partial charge is 0.0808 e. The molecule has 1 heteroatoms. The third-order valence-corrected chi connectivity index (χ3v) is 3.64. The van der Waals surface area contributed by atoms with E-state index in [-0.39, 0.29) is 6.10 Å². The molecule has 0 spiro atoms. The zero-order valence-electron chi connectivity index (χ0n) is 11.4. The van der Waals surface area contributed by atoms with Gasteiger partial charge in [0.15, 0.2) is 0 Å². The topological polar surface area (TPSA) is 9.23 Å². The molecule has 0 saturated heterocycles. The fraction of sp³-hybridized carbons (Fsp3) is 0.222. The molecular weight excluding hydrogens is 232 g/mol. The Hall–Kier alpha value is -1.86. The summed E-state index contributed by atoms with van der Waals surface area (Å²) in [7, 11) is 0. The van der Waals surface area contributed by atoms with Gasteiger partial charge in [-0.3, -0.25) is 0 Å². The van der Waals surface area contributed by atoms with Crippen molar-refractivity contribution in [1.29, 1.82) is 0 Å². The molecule has 3 aromatic rings. The van der Waals surface area contributed by atoms with Crippen LogP contribution in [0.4, 0.5) is 0 Å². The van der Waals surface area contributed by atoms with Gasteiger partial charge < -0.3 is 4.74 Å². The van der Waals surface area contributed by atoms with Crippen molar-refractivity contribution in [2.75, 3.05) is 6.61 Å². The highest BCUT2D eigenvalue weighted by Crippen LogP contribution is 2.34. The van der Waals surface area contributed by atoms with Gasteiger partial charge in [-0.2, -0.15) is 0 Å². The van der Waals surface area contributed by atoms with Gasteiger partial charge in [-0.1, -0.05) is 48.5 Å². The average molecular weight is 250 g/mol. The van der Waals surface area contributed by atoms with Crippen LogP contribution in [0.2, 0.25) is 0 Å². The maximum absolute atomic E-state index is 5.84. The molecule has 0 aliphatic carbocycles. The van der Waals surface area contributed by atoms with E-state index < -0.39 is 0 Å². The van der Waals surface area contributed by atoms with Crippen LogP contribution in [0, 0.1) is 0 Å². The lowest BCUT2D eigenvalue weighted by Crippen LogP contribution is -2.01. The molecule has 0 bridgehead atoms. The van der Waals surface area contributed by atoms with Gasteiger partial charge in [0, 0.05) is 6.61 Å². The Morgan fingerprint density at radius 1 is 0.895 bits per heavy atom. The Labute approximate surface area is 113 Å². The lowest BCUT2D eigenvalue weighted by molar-refractivity contribution is 0.0784. The van der Waals surface area contributed by atoms with Gasteiger partial charge in [-0.05, 0) is 47.0 Å². The molecule has 1 atom stereocenters. The quantitative estimate of drug-likeness (QED) is 0.588. The predicted molar refractivity (Wildman–Crippen MR) is 81.5 cm³/mol. The van der Waals surface area contributed by atoms with E-state index in [2.05, 4.69) is 61.5 Å². The molecule has 3 aromatic carbocycles. The normalized spacial score (nSPS) is 12.9. The number of hydrogen-bond donors (Lipinski definition) is 0. The van der Waals surface area contributed by atoms with Gasteiger partial charge in [-0.15, -0.1) is 0 Å². The predicted octanol–water partition coefficient (Wildman–Crippen LogP) is 5.09. The first-order chi connectivity index (χ1) is 9.31. The number of rotatable bonds is 3. The SMILES string of the molecule is CCOC(C)c1c2ccccc2cc2ccccc12. The van der Waals surface area contributed by atoms with Gasteiger partial charge in [0.05, 0.1) is 6.10 Å². The molecule has 0 radical (unpaired) electrons. The van der Waals surface area contributed by atoms with Gasteiger partial charge in [0.2, 0.25) is 0 Å². The molecule has 0 aromatic heterocycles. The molecule has 1 nitrogen and oxygen atoms in total. The molecule has 96 valence electrons. The first kappa shape index (κ1) is 12.2. The first-order valence-corrected chi connectivity index (χ1v) is 6.83. The van der Waals surface area contributed by atoms with Gasteiger partial charge in [0.1, 0.15) is 0 Å². The second-order valence-electron chi connectivity index (χ2n) is 4.83. The fourth-order valence-corrected chi connectivity index (χ4v) is 2.82. The molecule has 1 unspecified atom stereocenters. The summed E-state index contributed by atoms with van der Waals surface area (Å²) >= 11 is 0. The lowest BCUT2D eigenvalue weighted by atomic mass is 9.94. The highest BCUT2D eigenvalue weighted by Gasteiger charge is 2.13. The van der Waals surface area contributed by atoms with Crippen LogP contribution in [-0.4, -0.2) is 6.61 Å². The first-order valence-electron chi connectivity index (χ1n) is 6.83. The molecule has 0 saturated carbocycles. The summed E-state index contributed by atoms with van der Waals surface area (Å²) in [6.07, 6.45) is 0.112. The van der Waals surface area contributed by atoms with Crippen molar-refractivity contribution in [2.45, 2.75) is 20.0 Å². The zero-order chi connectivity index (χ0) is 13.2. The summed E-state index contributed by atoms with van der Waals surface area (Å²) in [5.41, 5.74) is 1.30. The summed E-state index contributed by atoms with van der Waals surface area (Å²) in [4.78, 5) is 0. The molecule has 0 amide bonds. The third-order valence-electron chi connectivity index (χ3n) is 3.64. The molecule has 0 fully saturated rings. The Kier molecular flexibility index (Phi) is 3.22. The second kappa shape index (κ2) is 5.02. The van der Waals surface area contributed by atoms with E-state index in [0.29, 0.717) is 0 Å². The minimum Gasteiger partial charge on any atom is -0.374 e. The standard InChI is InChI=1S/C18H18O/c1-3-19-13(2)18-16-10-6-4-8-14(16)12-15-9-5-7-11-17(15)18/h4-13H,3H2,1-2H3. The molecule has 3 rings (SSSR count). The maximum Gasteiger partial charge on any atom is 0.0808 e. The Balaban J connectivity index is 2.39. The molecule has 0 heterocycles. The minimum absolute atomic E-state index is 0.112. The summed E-state index contributed by atoms with van der Waals surface area (Å²) in [6, 6.07) is 19.3. The number of ether oxygens (including phenoxy) is 1. The Morgan fingerprint density at radius 2 is 1.42 bits per heavy atom. The van der Waals surface area contributed by atoms with Crippen molar-refractivity contribution >= 4 is 21.5 Å². The lowest BCUT2D eigenvalue weighted by Gasteiger charge is -2.18. The fourth-order valence-electron chi connectivity index (χ4n) is 2.82. The highest BCUT2D eigenvalue weighted by atomic mass is 16.5. The summed E-state index contributed by atoms with van der Waals surface area (Å²) in [5.74, 6) is 0. The van der Waals surface area contributed by atoms with Crippen molar-refractivity contribution < 1.29 is 4.74 Å². The van der Waals surface area contributed by atoms with Crippen LogP contribution in [0.3, 0.4) is 0 Å².